The van der Waals surface area contributed by atoms with Crippen LogP contribution in [-0.2, 0) is 12.8 Å². The van der Waals surface area contributed by atoms with Crippen LogP contribution in [0.15, 0.2) is 72.8 Å². The second kappa shape index (κ2) is 7.77. The Morgan fingerprint density at radius 3 is 2.50 bits per heavy atom. The first-order valence-corrected chi connectivity index (χ1v) is 9.06. The van der Waals surface area contributed by atoms with Gasteiger partial charge in [-0.2, -0.15) is 5.26 Å². The number of fused-ring (bicyclic) bond motifs is 1. The lowest BCUT2D eigenvalue weighted by molar-refractivity contribution is 0.102. The summed E-state index contributed by atoms with van der Waals surface area (Å²) >= 11 is 0. The van der Waals surface area contributed by atoms with Crippen molar-refractivity contribution in [3.8, 4) is 6.07 Å². The van der Waals surface area contributed by atoms with E-state index in [4.69, 9.17) is 5.26 Å². The van der Waals surface area contributed by atoms with E-state index in [1.807, 2.05) is 48.5 Å². The van der Waals surface area contributed by atoms with E-state index in [1.165, 1.54) is 0 Å². The molecule has 0 aliphatic rings. The molecule has 28 heavy (non-hydrogen) atoms. The highest BCUT2D eigenvalue weighted by atomic mass is 16.1. The minimum atomic E-state index is -0.194. The molecule has 0 atom stereocenters. The van der Waals surface area contributed by atoms with E-state index in [2.05, 4.69) is 21.4 Å². The van der Waals surface area contributed by atoms with Crippen LogP contribution in [0, 0.1) is 11.3 Å². The van der Waals surface area contributed by atoms with Gasteiger partial charge >= 0.3 is 0 Å². The zero-order chi connectivity index (χ0) is 19.3. The summed E-state index contributed by atoms with van der Waals surface area (Å²) < 4.78 is 0. The summed E-state index contributed by atoms with van der Waals surface area (Å²) in [5, 5.41) is 11.9. The third-order valence-electron chi connectivity index (χ3n) is 4.61. The van der Waals surface area contributed by atoms with Crippen LogP contribution < -0.4 is 5.32 Å². The Kier molecular flexibility index (Phi) is 4.85. The number of nitrogens with one attached hydrogen (secondary N) is 2. The van der Waals surface area contributed by atoms with Crippen LogP contribution in [0.1, 0.15) is 27.3 Å². The van der Waals surface area contributed by atoms with Crippen LogP contribution in [0.4, 0.5) is 5.69 Å². The van der Waals surface area contributed by atoms with Gasteiger partial charge in [0.25, 0.3) is 5.91 Å². The molecule has 0 aliphatic carbocycles. The summed E-state index contributed by atoms with van der Waals surface area (Å²) in [7, 11) is 0. The number of aromatic amines is 1. The number of aromatic nitrogens is 2. The van der Waals surface area contributed by atoms with E-state index < -0.39 is 0 Å². The Bertz CT molecular complexity index is 1140. The Balaban J connectivity index is 1.48. The van der Waals surface area contributed by atoms with Crippen molar-refractivity contribution < 1.29 is 4.79 Å². The fourth-order valence-corrected chi connectivity index (χ4v) is 3.13. The van der Waals surface area contributed by atoms with Crippen molar-refractivity contribution in [3.63, 3.8) is 0 Å². The smallest absolute Gasteiger partial charge is 0.255 e. The predicted octanol–water partition coefficient (Wildman–Crippen LogP) is 4.47. The molecule has 2 N–H and O–H groups in total. The van der Waals surface area contributed by atoms with E-state index in [1.54, 1.807) is 24.3 Å². The number of imidazole rings is 1. The zero-order valence-electron chi connectivity index (χ0n) is 15.1. The maximum absolute atomic E-state index is 12.5. The number of anilines is 1. The molecule has 5 heteroatoms. The number of benzene rings is 3. The zero-order valence-corrected chi connectivity index (χ0v) is 15.1. The summed E-state index contributed by atoms with van der Waals surface area (Å²) in [6.45, 7) is 0. The first kappa shape index (κ1) is 17.5. The van der Waals surface area contributed by atoms with Crippen LogP contribution in [0.2, 0.25) is 0 Å². The van der Waals surface area contributed by atoms with Gasteiger partial charge in [0.15, 0.2) is 0 Å². The Morgan fingerprint density at radius 2 is 1.71 bits per heavy atom. The van der Waals surface area contributed by atoms with Gasteiger partial charge in [0, 0.05) is 17.7 Å². The molecule has 0 unspecified atom stereocenters. The van der Waals surface area contributed by atoms with Crippen molar-refractivity contribution in [3.05, 3.63) is 95.3 Å². The van der Waals surface area contributed by atoms with Gasteiger partial charge in [-0.25, -0.2) is 4.98 Å². The third kappa shape index (κ3) is 3.76. The fourth-order valence-electron chi connectivity index (χ4n) is 3.13. The van der Waals surface area contributed by atoms with E-state index in [0.29, 0.717) is 11.1 Å². The second-order valence-electron chi connectivity index (χ2n) is 6.50. The molecule has 1 amide bonds. The van der Waals surface area contributed by atoms with Crippen molar-refractivity contribution in [2.45, 2.75) is 12.8 Å². The van der Waals surface area contributed by atoms with Gasteiger partial charge in [0.05, 0.1) is 22.7 Å². The lowest BCUT2D eigenvalue weighted by atomic mass is 10.1. The summed E-state index contributed by atoms with van der Waals surface area (Å²) in [6, 6.07) is 24.4. The van der Waals surface area contributed by atoms with Crippen LogP contribution >= 0.6 is 0 Å². The van der Waals surface area contributed by atoms with Crippen molar-refractivity contribution >= 4 is 22.6 Å². The van der Waals surface area contributed by atoms with Crippen LogP contribution in [-0.4, -0.2) is 15.9 Å². The maximum Gasteiger partial charge on any atom is 0.255 e. The maximum atomic E-state index is 12.5. The second-order valence-corrected chi connectivity index (χ2v) is 6.50. The van der Waals surface area contributed by atoms with E-state index in [9.17, 15) is 4.79 Å². The molecular weight excluding hydrogens is 348 g/mol. The summed E-state index contributed by atoms with van der Waals surface area (Å²) in [5.74, 6) is 0.732. The SMILES string of the molecule is N#Cc1ccc(C(=O)Nc2ccccc2CCc2nc3ccccc3[nH]2)cc1. The molecule has 4 aromatic rings. The van der Waals surface area contributed by atoms with Gasteiger partial charge in [-0.15, -0.1) is 0 Å². The highest BCUT2D eigenvalue weighted by Crippen LogP contribution is 2.19. The molecule has 136 valence electrons. The van der Waals surface area contributed by atoms with Crippen LogP contribution in [0.25, 0.3) is 11.0 Å². The molecule has 1 heterocycles. The number of rotatable bonds is 5. The number of amides is 1. The minimum absolute atomic E-state index is 0.194. The molecule has 4 rings (SSSR count). The number of carbonyl (C=O) groups excluding carboxylic acids is 1. The first-order chi connectivity index (χ1) is 13.7. The van der Waals surface area contributed by atoms with E-state index >= 15 is 0 Å². The molecule has 0 bridgehead atoms. The molecule has 1 aromatic heterocycles. The molecule has 0 spiro atoms. The first-order valence-electron chi connectivity index (χ1n) is 9.06. The largest absolute Gasteiger partial charge is 0.342 e. The van der Waals surface area contributed by atoms with Gasteiger partial charge in [0.2, 0.25) is 0 Å². The van der Waals surface area contributed by atoms with Gasteiger partial charge in [-0.1, -0.05) is 30.3 Å². The molecule has 5 nitrogen and oxygen atoms in total. The number of para-hydroxylation sites is 3. The average molecular weight is 366 g/mol. The predicted molar refractivity (Wildman–Crippen MR) is 109 cm³/mol. The van der Waals surface area contributed by atoms with E-state index in [-0.39, 0.29) is 5.91 Å². The number of carbonyl (C=O) groups is 1. The fraction of sp³-hybridized carbons (Fsp3) is 0.0870. The highest BCUT2D eigenvalue weighted by Gasteiger charge is 2.10. The molecule has 3 aromatic carbocycles. The highest BCUT2D eigenvalue weighted by molar-refractivity contribution is 6.04. The van der Waals surface area contributed by atoms with Gasteiger partial charge in [-0.3, -0.25) is 4.79 Å². The lowest BCUT2D eigenvalue weighted by Gasteiger charge is -2.11. The normalized spacial score (nSPS) is 10.5. The van der Waals surface area contributed by atoms with Gasteiger partial charge < -0.3 is 10.3 Å². The molecule has 0 saturated heterocycles. The number of H-pyrrole nitrogens is 1. The quantitative estimate of drug-likeness (QED) is 0.547. The van der Waals surface area contributed by atoms with Crippen LogP contribution in [0.5, 0.6) is 0 Å². The minimum Gasteiger partial charge on any atom is -0.342 e. The molecular formula is C23H18N4O. The summed E-state index contributed by atoms with van der Waals surface area (Å²) in [6.07, 6.45) is 1.50. The Hall–Kier alpha value is -3.91. The third-order valence-corrected chi connectivity index (χ3v) is 4.61. The molecule has 0 radical (unpaired) electrons. The van der Waals surface area contributed by atoms with Crippen molar-refractivity contribution in [2.75, 3.05) is 5.32 Å². The van der Waals surface area contributed by atoms with Crippen molar-refractivity contribution in [2.24, 2.45) is 0 Å². The Morgan fingerprint density at radius 1 is 0.964 bits per heavy atom. The number of nitrogens with zero attached hydrogens (tertiary/aromatic N) is 2. The Labute approximate surface area is 162 Å². The summed E-state index contributed by atoms with van der Waals surface area (Å²) in [5.41, 5.74) is 4.87. The van der Waals surface area contributed by atoms with Gasteiger partial charge in [0.1, 0.15) is 5.82 Å². The summed E-state index contributed by atoms with van der Waals surface area (Å²) in [4.78, 5) is 20.5. The van der Waals surface area contributed by atoms with Crippen molar-refractivity contribution in [1.29, 1.82) is 5.26 Å². The lowest BCUT2D eigenvalue weighted by Crippen LogP contribution is -2.13. The standard InChI is InChI=1S/C23H18N4O/c24-15-16-9-11-18(12-10-16)23(28)27-19-6-2-1-5-17(19)13-14-22-25-20-7-3-4-8-21(20)26-22/h1-12H,13-14H2,(H,25,26)(H,27,28). The van der Waals surface area contributed by atoms with Crippen molar-refractivity contribution in [1.82, 2.24) is 9.97 Å². The van der Waals surface area contributed by atoms with Crippen LogP contribution in [0.3, 0.4) is 0 Å². The monoisotopic (exact) mass is 366 g/mol. The molecule has 0 saturated carbocycles. The average Bonchev–Trinajstić information content (AvgIpc) is 3.16. The molecule has 0 fully saturated rings. The number of nitriles is 1. The number of hydrogen-bond donors (Lipinski definition) is 2. The number of hydrogen-bond acceptors (Lipinski definition) is 3. The van der Waals surface area contributed by atoms with Gasteiger partial charge in [-0.05, 0) is 54.4 Å². The molecule has 0 aliphatic heterocycles. The topological polar surface area (TPSA) is 81.6 Å². The number of aryl methyl sites for hydroxylation is 2. The van der Waals surface area contributed by atoms with E-state index in [0.717, 1.165) is 41.0 Å².